The molecular formula is C9H10N2O2. The normalized spacial score (nSPS) is 11.7. The van der Waals surface area contributed by atoms with E-state index in [0.29, 0.717) is 0 Å². The fraction of sp³-hybridized carbons (Fsp3) is 0.333. The van der Waals surface area contributed by atoms with Gasteiger partial charge in [0.15, 0.2) is 0 Å². The van der Waals surface area contributed by atoms with Crippen LogP contribution in [0.15, 0.2) is 23.0 Å². The van der Waals surface area contributed by atoms with Gasteiger partial charge < -0.3 is 9.73 Å². The summed E-state index contributed by atoms with van der Waals surface area (Å²) in [6.07, 6.45) is 3.27. The fourth-order valence-corrected chi connectivity index (χ4v) is 0.903. The number of carbonyl (C=O) groups is 1. The van der Waals surface area contributed by atoms with Crippen molar-refractivity contribution in [1.29, 1.82) is 5.26 Å². The Kier molecular flexibility index (Phi) is 3.09. The molecule has 0 fully saturated rings. The molecule has 0 bridgehead atoms. The molecule has 1 rings (SSSR count). The highest BCUT2D eigenvalue weighted by molar-refractivity contribution is 5.78. The molecule has 1 atom stereocenters. The number of nitriles is 1. The Hall–Kier alpha value is -1.76. The van der Waals surface area contributed by atoms with Crippen molar-refractivity contribution in [3.05, 3.63) is 24.2 Å². The molecule has 4 nitrogen and oxygen atoms in total. The van der Waals surface area contributed by atoms with Crippen LogP contribution < -0.4 is 5.32 Å². The van der Waals surface area contributed by atoms with E-state index in [9.17, 15) is 4.79 Å². The van der Waals surface area contributed by atoms with E-state index in [-0.39, 0.29) is 12.3 Å². The number of nitrogens with one attached hydrogen (secondary N) is 1. The molecule has 68 valence electrons. The molecule has 0 radical (unpaired) electrons. The van der Waals surface area contributed by atoms with Crippen LogP contribution in [0.2, 0.25) is 0 Å². The van der Waals surface area contributed by atoms with E-state index in [1.165, 1.54) is 12.5 Å². The summed E-state index contributed by atoms with van der Waals surface area (Å²) in [5.41, 5.74) is 0.808. The standard InChI is InChI=1S/C9H10N2O2/c1-7(5-10)11-9(12)4-8-2-3-13-6-8/h2-3,6-7H,4H2,1H3,(H,11,12)/t7-/m0/s1. The zero-order chi connectivity index (χ0) is 9.68. The molecule has 1 aromatic rings. The summed E-state index contributed by atoms with van der Waals surface area (Å²) in [6.45, 7) is 1.63. The molecule has 1 heterocycles. The number of amides is 1. The highest BCUT2D eigenvalue weighted by Gasteiger charge is 2.07. The van der Waals surface area contributed by atoms with Crippen molar-refractivity contribution < 1.29 is 9.21 Å². The van der Waals surface area contributed by atoms with Crippen molar-refractivity contribution >= 4 is 5.91 Å². The third kappa shape index (κ3) is 2.99. The van der Waals surface area contributed by atoms with Crippen molar-refractivity contribution in [1.82, 2.24) is 5.32 Å². The van der Waals surface area contributed by atoms with Crippen molar-refractivity contribution in [2.24, 2.45) is 0 Å². The lowest BCUT2D eigenvalue weighted by Gasteiger charge is -2.04. The molecule has 0 unspecified atom stereocenters. The zero-order valence-electron chi connectivity index (χ0n) is 7.28. The second-order valence-corrected chi connectivity index (χ2v) is 2.73. The minimum absolute atomic E-state index is 0.171. The molecule has 4 heteroatoms. The molecule has 0 aliphatic carbocycles. The minimum atomic E-state index is -0.445. The molecule has 0 aliphatic heterocycles. The van der Waals surface area contributed by atoms with E-state index in [0.717, 1.165) is 5.56 Å². The van der Waals surface area contributed by atoms with Gasteiger partial charge in [0, 0.05) is 0 Å². The number of carbonyl (C=O) groups excluding carboxylic acids is 1. The first kappa shape index (κ1) is 9.33. The van der Waals surface area contributed by atoms with Crippen LogP contribution in [-0.4, -0.2) is 11.9 Å². The molecule has 0 saturated carbocycles. The topological polar surface area (TPSA) is 66.0 Å². The third-order valence-electron chi connectivity index (χ3n) is 1.52. The van der Waals surface area contributed by atoms with Crippen molar-refractivity contribution in [3.8, 4) is 6.07 Å². The Balaban J connectivity index is 2.39. The van der Waals surface area contributed by atoms with Gasteiger partial charge in [-0.3, -0.25) is 4.79 Å². The largest absolute Gasteiger partial charge is 0.472 e. The molecule has 0 spiro atoms. The van der Waals surface area contributed by atoms with Crippen molar-refractivity contribution in [2.45, 2.75) is 19.4 Å². The lowest BCUT2D eigenvalue weighted by atomic mass is 10.2. The fourth-order valence-electron chi connectivity index (χ4n) is 0.903. The number of hydrogen-bond acceptors (Lipinski definition) is 3. The molecular weight excluding hydrogens is 168 g/mol. The van der Waals surface area contributed by atoms with Crippen LogP contribution in [-0.2, 0) is 11.2 Å². The predicted octanol–water partition coefficient (Wildman–Crippen LogP) is 0.850. The van der Waals surface area contributed by atoms with Gasteiger partial charge in [0.05, 0.1) is 25.0 Å². The Morgan fingerprint density at radius 3 is 3.15 bits per heavy atom. The van der Waals surface area contributed by atoms with E-state index in [2.05, 4.69) is 5.32 Å². The van der Waals surface area contributed by atoms with Crippen LogP contribution in [0, 0.1) is 11.3 Å². The Bertz CT molecular complexity index is 311. The Labute approximate surface area is 76.2 Å². The maximum atomic E-state index is 11.2. The van der Waals surface area contributed by atoms with Crippen molar-refractivity contribution in [3.63, 3.8) is 0 Å². The van der Waals surface area contributed by atoms with Gasteiger partial charge in [0.25, 0.3) is 0 Å². The van der Waals surface area contributed by atoms with Gasteiger partial charge in [0.2, 0.25) is 5.91 Å². The monoisotopic (exact) mass is 178 g/mol. The van der Waals surface area contributed by atoms with Crippen LogP contribution in [0.25, 0.3) is 0 Å². The maximum Gasteiger partial charge on any atom is 0.225 e. The lowest BCUT2D eigenvalue weighted by molar-refractivity contribution is -0.120. The smallest absolute Gasteiger partial charge is 0.225 e. The summed E-state index contributed by atoms with van der Waals surface area (Å²) in [5.74, 6) is -0.171. The Morgan fingerprint density at radius 2 is 2.62 bits per heavy atom. The summed E-state index contributed by atoms with van der Waals surface area (Å²) in [4.78, 5) is 11.2. The predicted molar refractivity (Wildman–Crippen MR) is 45.6 cm³/mol. The maximum absolute atomic E-state index is 11.2. The average Bonchev–Trinajstić information content (AvgIpc) is 2.56. The number of rotatable bonds is 3. The van der Waals surface area contributed by atoms with Gasteiger partial charge in [-0.05, 0) is 18.6 Å². The minimum Gasteiger partial charge on any atom is -0.472 e. The molecule has 0 aromatic carbocycles. The molecule has 0 saturated heterocycles. The molecule has 0 aliphatic rings. The summed E-state index contributed by atoms with van der Waals surface area (Å²) < 4.78 is 4.80. The quantitative estimate of drug-likeness (QED) is 0.746. The molecule has 13 heavy (non-hydrogen) atoms. The second-order valence-electron chi connectivity index (χ2n) is 2.73. The third-order valence-corrected chi connectivity index (χ3v) is 1.52. The van der Waals surface area contributed by atoms with Gasteiger partial charge in [-0.25, -0.2) is 0 Å². The second kappa shape index (κ2) is 4.31. The van der Waals surface area contributed by atoms with Crippen LogP contribution >= 0.6 is 0 Å². The Morgan fingerprint density at radius 1 is 1.85 bits per heavy atom. The van der Waals surface area contributed by atoms with Gasteiger partial charge in [-0.15, -0.1) is 0 Å². The highest BCUT2D eigenvalue weighted by atomic mass is 16.3. The van der Waals surface area contributed by atoms with Gasteiger partial charge in [-0.1, -0.05) is 0 Å². The van der Waals surface area contributed by atoms with Crippen LogP contribution in [0.5, 0.6) is 0 Å². The van der Waals surface area contributed by atoms with Crippen LogP contribution in [0.4, 0.5) is 0 Å². The molecule has 1 aromatic heterocycles. The summed E-state index contributed by atoms with van der Waals surface area (Å²) in [6, 6.07) is 3.19. The van der Waals surface area contributed by atoms with E-state index >= 15 is 0 Å². The molecule has 1 N–H and O–H groups in total. The first-order valence-corrected chi connectivity index (χ1v) is 3.92. The van der Waals surface area contributed by atoms with Crippen LogP contribution in [0.1, 0.15) is 12.5 Å². The summed E-state index contributed by atoms with van der Waals surface area (Å²) in [5, 5.41) is 11.0. The van der Waals surface area contributed by atoms with E-state index in [1.54, 1.807) is 13.0 Å². The summed E-state index contributed by atoms with van der Waals surface area (Å²) >= 11 is 0. The lowest BCUT2D eigenvalue weighted by Crippen LogP contribution is -2.32. The molecule has 1 amide bonds. The number of hydrogen-bond donors (Lipinski definition) is 1. The van der Waals surface area contributed by atoms with E-state index in [4.69, 9.17) is 9.68 Å². The SMILES string of the molecule is C[C@@H](C#N)NC(=O)Cc1ccoc1. The van der Waals surface area contributed by atoms with Crippen LogP contribution in [0.3, 0.4) is 0 Å². The zero-order valence-corrected chi connectivity index (χ0v) is 7.28. The van der Waals surface area contributed by atoms with Gasteiger partial charge >= 0.3 is 0 Å². The highest BCUT2D eigenvalue weighted by Crippen LogP contribution is 2.00. The van der Waals surface area contributed by atoms with E-state index in [1.807, 2.05) is 6.07 Å². The number of nitrogens with zero attached hydrogens (tertiary/aromatic N) is 1. The number of furan rings is 1. The first-order chi connectivity index (χ1) is 6.22. The van der Waals surface area contributed by atoms with Crippen molar-refractivity contribution in [2.75, 3.05) is 0 Å². The summed E-state index contributed by atoms with van der Waals surface area (Å²) in [7, 11) is 0. The average molecular weight is 178 g/mol. The van der Waals surface area contributed by atoms with Gasteiger partial charge in [0.1, 0.15) is 6.04 Å². The van der Waals surface area contributed by atoms with Gasteiger partial charge in [-0.2, -0.15) is 5.26 Å². The van der Waals surface area contributed by atoms with E-state index < -0.39 is 6.04 Å². The first-order valence-electron chi connectivity index (χ1n) is 3.92.